The van der Waals surface area contributed by atoms with Crippen LogP contribution in [0.5, 0.6) is 0 Å². The average Bonchev–Trinajstić information content (AvgIpc) is 2.37. The van der Waals surface area contributed by atoms with Gasteiger partial charge < -0.3 is 5.32 Å². The first kappa shape index (κ1) is 14.2. The van der Waals surface area contributed by atoms with E-state index in [1.54, 1.807) is 6.07 Å². The van der Waals surface area contributed by atoms with Crippen LogP contribution in [0.2, 0.25) is 0 Å². The maximum Gasteiger partial charge on any atom is 0.418 e. The molecule has 0 bridgehead atoms. The summed E-state index contributed by atoms with van der Waals surface area (Å²) in [6.45, 7) is 0.365. The molecule has 0 fully saturated rings. The van der Waals surface area contributed by atoms with Gasteiger partial charge in [0.05, 0.1) is 5.56 Å². The first-order chi connectivity index (χ1) is 8.97. The molecule has 0 aliphatic heterocycles. The minimum absolute atomic E-state index is 0.105. The highest BCUT2D eigenvalue weighted by Gasteiger charge is 2.32. The Hall–Kier alpha value is -1.24. The summed E-state index contributed by atoms with van der Waals surface area (Å²) in [6.07, 6.45) is -4.34. The van der Waals surface area contributed by atoms with Gasteiger partial charge in [0.1, 0.15) is 0 Å². The minimum Gasteiger partial charge on any atom is -0.380 e. The molecular weight excluding hydrogens is 366 g/mol. The lowest BCUT2D eigenvalue weighted by molar-refractivity contribution is -0.136. The van der Waals surface area contributed by atoms with Crippen molar-refractivity contribution >= 4 is 28.3 Å². The van der Waals surface area contributed by atoms with Gasteiger partial charge in [-0.05, 0) is 52.4 Å². The molecule has 0 unspecified atom stereocenters. The maximum atomic E-state index is 12.8. The third-order valence-electron chi connectivity index (χ3n) is 2.63. The van der Waals surface area contributed by atoms with Crippen LogP contribution in [0.25, 0.3) is 0 Å². The lowest BCUT2D eigenvalue weighted by Gasteiger charge is -2.14. The molecule has 0 amide bonds. The Kier molecular flexibility index (Phi) is 4.34. The van der Waals surface area contributed by atoms with Crippen molar-refractivity contribution < 1.29 is 13.2 Å². The third-order valence-corrected chi connectivity index (χ3v) is 3.35. The number of hydrogen-bond acceptors (Lipinski definition) is 1. The van der Waals surface area contributed by atoms with Gasteiger partial charge in [-0.1, -0.05) is 24.3 Å². The zero-order valence-electron chi connectivity index (χ0n) is 9.84. The first-order valence-electron chi connectivity index (χ1n) is 5.61. The Balaban J connectivity index is 2.14. The Morgan fingerprint density at radius 1 is 0.947 bits per heavy atom. The van der Waals surface area contributed by atoms with E-state index >= 15 is 0 Å². The molecule has 0 spiro atoms. The summed E-state index contributed by atoms with van der Waals surface area (Å²) in [4.78, 5) is 0. The van der Waals surface area contributed by atoms with Crippen LogP contribution in [-0.4, -0.2) is 0 Å². The summed E-state index contributed by atoms with van der Waals surface area (Å²) in [5.74, 6) is 0. The Morgan fingerprint density at radius 3 is 2.21 bits per heavy atom. The van der Waals surface area contributed by atoms with E-state index in [1.165, 1.54) is 12.1 Å². The summed E-state index contributed by atoms with van der Waals surface area (Å²) >= 11 is 2.18. The van der Waals surface area contributed by atoms with E-state index in [0.29, 0.717) is 6.54 Å². The van der Waals surface area contributed by atoms with Crippen LogP contribution in [0.1, 0.15) is 11.1 Å². The molecule has 5 heteroatoms. The normalized spacial score (nSPS) is 11.4. The number of anilines is 1. The van der Waals surface area contributed by atoms with Crippen molar-refractivity contribution in [1.82, 2.24) is 0 Å². The summed E-state index contributed by atoms with van der Waals surface area (Å²) in [5.41, 5.74) is 0.409. The highest BCUT2D eigenvalue weighted by Crippen LogP contribution is 2.34. The molecule has 2 aromatic carbocycles. The standard InChI is InChI=1S/C14H11F3IN/c15-14(16,17)12-3-1-2-4-13(12)19-9-10-5-7-11(18)8-6-10/h1-8,19H,9H2. The van der Waals surface area contributed by atoms with E-state index in [0.717, 1.165) is 15.2 Å². The molecule has 0 radical (unpaired) electrons. The lowest BCUT2D eigenvalue weighted by atomic mass is 10.1. The molecule has 1 N–H and O–H groups in total. The van der Waals surface area contributed by atoms with Crippen molar-refractivity contribution in [2.45, 2.75) is 12.7 Å². The van der Waals surface area contributed by atoms with Crippen LogP contribution >= 0.6 is 22.6 Å². The van der Waals surface area contributed by atoms with Crippen LogP contribution in [0.4, 0.5) is 18.9 Å². The molecule has 0 saturated carbocycles. The van der Waals surface area contributed by atoms with E-state index in [1.807, 2.05) is 24.3 Å². The molecule has 0 aromatic heterocycles. The predicted molar refractivity (Wildman–Crippen MR) is 77.9 cm³/mol. The number of rotatable bonds is 3. The van der Waals surface area contributed by atoms with Crippen molar-refractivity contribution in [3.63, 3.8) is 0 Å². The van der Waals surface area contributed by atoms with Gasteiger partial charge in [0.25, 0.3) is 0 Å². The number of halogens is 4. The smallest absolute Gasteiger partial charge is 0.380 e. The van der Waals surface area contributed by atoms with E-state index in [9.17, 15) is 13.2 Å². The van der Waals surface area contributed by atoms with E-state index < -0.39 is 11.7 Å². The molecular formula is C14H11F3IN. The van der Waals surface area contributed by atoms with Crippen LogP contribution < -0.4 is 5.32 Å². The summed E-state index contributed by atoms with van der Waals surface area (Å²) in [6, 6.07) is 13.1. The fourth-order valence-electron chi connectivity index (χ4n) is 1.68. The Bertz CT molecular complexity index is 549. The van der Waals surface area contributed by atoms with Gasteiger partial charge in [-0.3, -0.25) is 0 Å². The highest BCUT2D eigenvalue weighted by molar-refractivity contribution is 14.1. The molecule has 0 aliphatic carbocycles. The fraction of sp³-hybridized carbons (Fsp3) is 0.143. The van der Waals surface area contributed by atoms with E-state index in [2.05, 4.69) is 27.9 Å². The molecule has 100 valence electrons. The fourth-order valence-corrected chi connectivity index (χ4v) is 2.04. The van der Waals surface area contributed by atoms with Crippen molar-refractivity contribution in [1.29, 1.82) is 0 Å². The van der Waals surface area contributed by atoms with Gasteiger partial charge in [0.15, 0.2) is 0 Å². The predicted octanol–water partition coefficient (Wildman–Crippen LogP) is 4.92. The van der Waals surface area contributed by atoms with Crippen molar-refractivity contribution in [3.05, 3.63) is 63.2 Å². The molecule has 0 aliphatic rings. The van der Waals surface area contributed by atoms with Crippen LogP contribution in [0, 0.1) is 3.57 Å². The van der Waals surface area contributed by atoms with Crippen molar-refractivity contribution in [2.75, 3.05) is 5.32 Å². The number of para-hydroxylation sites is 1. The van der Waals surface area contributed by atoms with Gasteiger partial charge in [-0.15, -0.1) is 0 Å². The molecule has 2 rings (SSSR count). The topological polar surface area (TPSA) is 12.0 Å². The van der Waals surface area contributed by atoms with Gasteiger partial charge in [-0.25, -0.2) is 0 Å². The summed E-state index contributed by atoms with van der Waals surface area (Å²) < 4.78 is 39.5. The molecule has 2 aromatic rings. The van der Waals surface area contributed by atoms with E-state index in [-0.39, 0.29) is 5.69 Å². The lowest BCUT2D eigenvalue weighted by Crippen LogP contribution is -2.10. The van der Waals surface area contributed by atoms with E-state index in [4.69, 9.17) is 0 Å². The Labute approximate surface area is 123 Å². The monoisotopic (exact) mass is 377 g/mol. The van der Waals surface area contributed by atoms with Gasteiger partial charge in [0, 0.05) is 15.8 Å². The van der Waals surface area contributed by atoms with Crippen molar-refractivity contribution in [3.8, 4) is 0 Å². The second kappa shape index (κ2) is 5.81. The van der Waals surface area contributed by atoms with Gasteiger partial charge in [0.2, 0.25) is 0 Å². The minimum atomic E-state index is -4.34. The van der Waals surface area contributed by atoms with Crippen LogP contribution in [-0.2, 0) is 12.7 Å². The highest BCUT2D eigenvalue weighted by atomic mass is 127. The number of benzene rings is 2. The van der Waals surface area contributed by atoms with Gasteiger partial charge in [-0.2, -0.15) is 13.2 Å². The zero-order valence-corrected chi connectivity index (χ0v) is 12.0. The molecule has 0 saturated heterocycles. The number of nitrogens with one attached hydrogen (secondary N) is 1. The number of alkyl halides is 3. The van der Waals surface area contributed by atoms with Crippen molar-refractivity contribution in [2.24, 2.45) is 0 Å². The SMILES string of the molecule is FC(F)(F)c1ccccc1NCc1ccc(I)cc1. The largest absolute Gasteiger partial charge is 0.418 e. The average molecular weight is 377 g/mol. The second-order valence-corrected chi connectivity index (χ2v) is 5.27. The summed E-state index contributed by atoms with van der Waals surface area (Å²) in [7, 11) is 0. The maximum absolute atomic E-state index is 12.8. The van der Waals surface area contributed by atoms with Crippen LogP contribution in [0.15, 0.2) is 48.5 Å². The molecule has 0 atom stereocenters. The quantitative estimate of drug-likeness (QED) is 0.749. The van der Waals surface area contributed by atoms with Gasteiger partial charge >= 0.3 is 6.18 Å². The first-order valence-corrected chi connectivity index (χ1v) is 6.69. The second-order valence-electron chi connectivity index (χ2n) is 4.02. The zero-order chi connectivity index (χ0) is 13.9. The molecule has 1 nitrogen and oxygen atoms in total. The molecule has 0 heterocycles. The number of hydrogen-bond donors (Lipinski definition) is 1. The summed E-state index contributed by atoms with van der Waals surface area (Å²) in [5, 5.41) is 2.83. The Morgan fingerprint density at radius 2 is 1.58 bits per heavy atom. The third kappa shape index (κ3) is 3.86. The van der Waals surface area contributed by atoms with Crippen LogP contribution in [0.3, 0.4) is 0 Å². The molecule has 19 heavy (non-hydrogen) atoms.